The van der Waals surface area contributed by atoms with Gasteiger partial charge in [-0.2, -0.15) is 0 Å². The van der Waals surface area contributed by atoms with E-state index in [1.54, 1.807) is 7.11 Å². The topological polar surface area (TPSA) is 12.5 Å². The van der Waals surface area contributed by atoms with E-state index in [-0.39, 0.29) is 0 Å². The zero-order valence-corrected chi connectivity index (χ0v) is 13.6. The van der Waals surface area contributed by atoms with Crippen LogP contribution in [0.1, 0.15) is 25.8 Å². The molecule has 18 heavy (non-hydrogen) atoms. The second kappa shape index (κ2) is 8.03. The summed E-state index contributed by atoms with van der Waals surface area (Å²) >= 11 is 9.57. The Balaban J connectivity index is 3.05. The van der Waals surface area contributed by atoms with E-state index in [0.717, 1.165) is 29.6 Å². The Morgan fingerprint density at radius 2 is 2.17 bits per heavy atom. The van der Waals surface area contributed by atoms with Gasteiger partial charge in [0.1, 0.15) is 0 Å². The van der Waals surface area contributed by atoms with Gasteiger partial charge in [0.15, 0.2) is 0 Å². The minimum atomic E-state index is 0.469. The van der Waals surface area contributed by atoms with Crippen molar-refractivity contribution in [1.29, 1.82) is 0 Å². The van der Waals surface area contributed by atoms with Crippen LogP contribution in [0, 0.1) is 0 Å². The molecule has 1 aromatic rings. The van der Waals surface area contributed by atoms with Gasteiger partial charge in [0.25, 0.3) is 0 Å². The number of anilines is 1. The number of hydrogen-bond acceptors (Lipinski definition) is 2. The molecule has 1 rings (SSSR count). The van der Waals surface area contributed by atoms with Crippen LogP contribution >= 0.6 is 27.5 Å². The first-order chi connectivity index (χ1) is 8.63. The third-order valence-electron chi connectivity index (χ3n) is 3.16. The van der Waals surface area contributed by atoms with Crippen molar-refractivity contribution in [3.8, 4) is 0 Å². The highest BCUT2D eigenvalue weighted by Crippen LogP contribution is 2.28. The summed E-state index contributed by atoms with van der Waals surface area (Å²) in [6, 6.07) is 6.72. The third kappa shape index (κ3) is 4.15. The van der Waals surface area contributed by atoms with Gasteiger partial charge < -0.3 is 9.64 Å². The molecule has 0 amide bonds. The van der Waals surface area contributed by atoms with Crippen molar-refractivity contribution < 1.29 is 4.74 Å². The van der Waals surface area contributed by atoms with Crippen LogP contribution in [0.25, 0.3) is 0 Å². The smallest absolute Gasteiger partial charge is 0.0637 e. The van der Waals surface area contributed by atoms with E-state index in [1.165, 1.54) is 5.69 Å². The van der Waals surface area contributed by atoms with E-state index in [4.69, 9.17) is 16.3 Å². The summed E-state index contributed by atoms with van der Waals surface area (Å²) in [7, 11) is 1.73. The Kier molecular flexibility index (Phi) is 7.05. The Hall–Kier alpha value is -0.250. The molecule has 0 spiro atoms. The van der Waals surface area contributed by atoms with Crippen molar-refractivity contribution in [2.75, 3.05) is 25.2 Å². The molecule has 1 aromatic carbocycles. The minimum Gasteiger partial charge on any atom is -0.383 e. The molecule has 0 saturated carbocycles. The van der Waals surface area contributed by atoms with Crippen LogP contribution in [0.5, 0.6) is 0 Å². The highest BCUT2D eigenvalue weighted by atomic mass is 79.9. The van der Waals surface area contributed by atoms with Gasteiger partial charge in [-0.1, -0.05) is 28.9 Å². The Morgan fingerprint density at radius 1 is 1.44 bits per heavy atom. The molecule has 0 aliphatic heterocycles. The zero-order chi connectivity index (χ0) is 13.5. The molecular formula is C14H21BrClNO. The predicted molar refractivity (Wildman–Crippen MR) is 82.7 cm³/mol. The highest BCUT2D eigenvalue weighted by molar-refractivity contribution is 9.10. The SMILES string of the molecule is CCC(C)N(CCOC)c1cc(Br)ccc1CCl. The molecule has 0 heterocycles. The van der Waals surface area contributed by atoms with Gasteiger partial charge in [0, 0.05) is 35.7 Å². The van der Waals surface area contributed by atoms with Gasteiger partial charge in [-0.05, 0) is 31.0 Å². The third-order valence-corrected chi connectivity index (χ3v) is 3.94. The summed E-state index contributed by atoms with van der Waals surface area (Å²) < 4.78 is 6.29. The molecule has 1 atom stereocenters. The van der Waals surface area contributed by atoms with E-state index < -0.39 is 0 Å². The van der Waals surface area contributed by atoms with Gasteiger partial charge in [-0.25, -0.2) is 0 Å². The lowest BCUT2D eigenvalue weighted by atomic mass is 10.1. The summed E-state index contributed by atoms with van der Waals surface area (Å²) in [6.45, 7) is 6.03. The van der Waals surface area contributed by atoms with Crippen molar-refractivity contribution in [1.82, 2.24) is 0 Å². The molecule has 0 fully saturated rings. The minimum absolute atomic E-state index is 0.469. The van der Waals surface area contributed by atoms with Crippen molar-refractivity contribution in [3.05, 3.63) is 28.2 Å². The first-order valence-electron chi connectivity index (χ1n) is 6.24. The van der Waals surface area contributed by atoms with Crippen LogP contribution in [-0.2, 0) is 10.6 Å². The summed E-state index contributed by atoms with van der Waals surface area (Å²) in [6.07, 6.45) is 1.10. The number of benzene rings is 1. The molecule has 0 radical (unpaired) electrons. The van der Waals surface area contributed by atoms with Gasteiger partial charge >= 0.3 is 0 Å². The monoisotopic (exact) mass is 333 g/mol. The normalized spacial score (nSPS) is 12.5. The molecule has 0 saturated heterocycles. The lowest BCUT2D eigenvalue weighted by Crippen LogP contribution is -2.36. The second-order valence-corrected chi connectivity index (χ2v) is 5.53. The van der Waals surface area contributed by atoms with Crippen LogP contribution in [0.4, 0.5) is 5.69 Å². The maximum Gasteiger partial charge on any atom is 0.0637 e. The van der Waals surface area contributed by atoms with Crippen LogP contribution in [0.2, 0.25) is 0 Å². The number of hydrogen-bond donors (Lipinski definition) is 0. The lowest BCUT2D eigenvalue weighted by Gasteiger charge is -2.32. The average molecular weight is 335 g/mol. The Labute approximate surface area is 123 Å². The fraction of sp³-hybridized carbons (Fsp3) is 0.571. The van der Waals surface area contributed by atoms with Gasteiger partial charge in [0.2, 0.25) is 0 Å². The molecule has 4 heteroatoms. The second-order valence-electron chi connectivity index (χ2n) is 4.35. The highest BCUT2D eigenvalue weighted by Gasteiger charge is 2.16. The summed E-state index contributed by atoms with van der Waals surface area (Å²) in [5.41, 5.74) is 2.36. The molecule has 2 nitrogen and oxygen atoms in total. The van der Waals surface area contributed by atoms with E-state index in [2.05, 4.69) is 46.8 Å². The first-order valence-corrected chi connectivity index (χ1v) is 7.56. The predicted octanol–water partition coefficient (Wildman–Crippen LogP) is 4.44. The Morgan fingerprint density at radius 3 is 2.72 bits per heavy atom. The number of nitrogens with zero attached hydrogens (tertiary/aromatic N) is 1. The van der Waals surface area contributed by atoms with Crippen LogP contribution in [0.3, 0.4) is 0 Å². The van der Waals surface area contributed by atoms with Crippen molar-refractivity contribution in [3.63, 3.8) is 0 Å². The van der Waals surface area contributed by atoms with E-state index in [9.17, 15) is 0 Å². The molecule has 0 aliphatic rings. The standard InChI is InChI=1S/C14H21BrClNO/c1-4-11(2)17(7-8-18-3)14-9-13(15)6-5-12(14)10-16/h5-6,9,11H,4,7-8,10H2,1-3H3. The largest absolute Gasteiger partial charge is 0.383 e. The van der Waals surface area contributed by atoms with Gasteiger partial charge in [-0.3, -0.25) is 0 Å². The van der Waals surface area contributed by atoms with Crippen molar-refractivity contribution >= 4 is 33.2 Å². The number of methoxy groups -OCH3 is 1. The summed E-state index contributed by atoms with van der Waals surface area (Å²) in [5, 5.41) is 0. The fourth-order valence-electron chi connectivity index (χ4n) is 1.91. The maximum absolute atomic E-state index is 6.04. The summed E-state index contributed by atoms with van der Waals surface area (Å²) in [5.74, 6) is 0.530. The zero-order valence-electron chi connectivity index (χ0n) is 11.2. The molecule has 0 aromatic heterocycles. The molecule has 1 unspecified atom stereocenters. The maximum atomic E-state index is 6.04. The van der Waals surface area contributed by atoms with E-state index in [0.29, 0.717) is 11.9 Å². The van der Waals surface area contributed by atoms with Gasteiger partial charge in [0.05, 0.1) is 6.61 Å². The Bertz CT molecular complexity index is 373. The lowest BCUT2D eigenvalue weighted by molar-refractivity contribution is 0.203. The molecule has 0 aliphatic carbocycles. The first kappa shape index (κ1) is 15.8. The van der Waals surface area contributed by atoms with E-state index >= 15 is 0 Å². The number of alkyl halides is 1. The number of halogens is 2. The van der Waals surface area contributed by atoms with Crippen LogP contribution in [-0.4, -0.2) is 26.3 Å². The average Bonchev–Trinajstić information content (AvgIpc) is 2.39. The molecule has 102 valence electrons. The molecule has 0 bridgehead atoms. The van der Waals surface area contributed by atoms with Crippen molar-refractivity contribution in [2.45, 2.75) is 32.2 Å². The summed E-state index contributed by atoms with van der Waals surface area (Å²) in [4.78, 5) is 2.37. The van der Waals surface area contributed by atoms with Crippen molar-refractivity contribution in [2.24, 2.45) is 0 Å². The molecule has 0 N–H and O–H groups in total. The molecular weight excluding hydrogens is 314 g/mol. The van der Waals surface area contributed by atoms with E-state index in [1.807, 2.05) is 6.07 Å². The van der Waals surface area contributed by atoms with Crippen LogP contribution in [0.15, 0.2) is 22.7 Å². The quantitative estimate of drug-likeness (QED) is 0.684. The fourth-order valence-corrected chi connectivity index (χ4v) is 2.48. The number of rotatable bonds is 7. The number of ether oxygens (including phenoxy) is 1. The van der Waals surface area contributed by atoms with Gasteiger partial charge in [-0.15, -0.1) is 11.6 Å². The van der Waals surface area contributed by atoms with Crippen LogP contribution < -0.4 is 4.90 Å².